The number of nitrogens with two attached hydrogens (primary N) is 1. The summed E-state index contributed by atoms with van der Waals surface area (Å²) in [5.74, 6) is 0. The second-order valence-electron chi connectivity index (χ2n) is 6.74. The van der Waals surface area contributed by atoms with Gasteiger partial charge in [0.05, 0.1) is 0 Å². The van der Waals surface area contributed by atoms with Gasteiger partial charge in [-0.25, -0.2) is 0 Å². The number of rotatable bonds is 1. The van der Waals surface area contributed by atoms with Crippen molar-refractivity contribution in [2.75, 3.05) is 33.2 Å². The maximum atomic E-state index is 6.22. The monoisotopic (exact) mass is 239 g/mol. The molecule has 0 amide bonds. The van der Waals surface area contributed by atoms with E-state index in [2.05, 4.69) is 30.7 Å². The van der Waals surface area contributed by atoms with Gasteiger partial charge in [0, 0.05) is 18.6 Å². The van der Waals surface area contributed by atoms with E-state index >= 15 is 0 Å². The fourth-order valence-corrected chi connectivity index (χ4v) is 3.31. The first-order valence-corrected chi connectivity index (χ1v) is 7.17. The lowest BCUT2D eigenvalue weighted by atomic mass is 9.79. The van der Waals surface area contributed by atoms with Crippen molar-refractivity contribution in [3.8, 4) is 0 Å². The van der Waals surface area contributed by atoms with E-state index in [1.807, 2.05) is 0 Å². The zero-order chi connectivity index (χ0) is 12.5. The third-order valence-electron chi connectivity index (χ3n) is 4.78. The Hall–Kier alpha value is -0.120. The average molecular weight is 239 g/mol. The summed E-state index contributed by atoms with van der Waals surface area (Å²) in [6.07, 6.45) is 5.22. The van der Waals surface area contributed by atoms with E-state index in [-0.39, 0.29) is 5.41 Å². The average Bonchev–Trinajstić information content (AvgIpc) is 2.47. The van der Waals surface area contributed by atoms with Gasteiger partial charge in [0.15, 0.2) is 0 Å². The largest absolute Gasteiger partial charge is 0.327 e. The zero-order valence-corrected chi connectivity index (χ0v) is 11.8. The highest BCUT2D eigenvalue weighted by molar-refractivity contribution is 4.92. The lowest BCUT2D eigenvalue weighted by Gasteiger charge is -2.45. The maximum absolute atomic E-state index is 6.22. The summed E-state index contributed by atoms with van der Waals surface area (Å²) in [6.45, 7) is 9.57. The molecule has 0 aliphatic carbocycles. The molecule has 2 atom stereocenters. The lowest BCUT2D eigenvalue weighted by molar-refractivity contribution is 0.0555. The fourth-order valence-electron chi connectivity index (χ4n) is 3.31. The summed E-state index contributed by atoms with van der Waals surface area (Å²) >= 11 is 0. The van der Waals surface area contributed by atoms with E-state index < -0.39 is 0 Å². The molecule has 0 aromatic carbocycles. The normalized spacial score (nSPS) is 36.7. The summed E-state index contributed by atoms with van der Waals surface area (Å²) in [5, 5.41) is 0. The number of hydrogen-bond acceptors (Lipinski definition) is 3. The molecule has 2 heterocycles. The molecular formula is C14H29N3. The Bertz CT molecular complexity index is 252. The fraction of sp³-hybridized carbons (Fsp3) is 1.00. The Labute approximate surface area is 106 Å². The quantitative estimate of drug-likeness (QED) is 0.753. The first kappa shape index (κ1) is 13.3. The Morgan fingerprint density at radius 1 is 1.06 bits per heavy atom. The van der Waals surface area contributed by atoms with Gasteiger partial charge in [0.1, 0.15) is 0 Å². The second kappa shape index (κ2) is 5.25. The van der Waals surface area contributed by atoms with Gasteiger partial charge in [0.25, 0.3) is 0 Å². The summed E-state index contributed by atoms with van der Waals surface area (Å²) < 4.78 is 0. The van der Waals surface area contributed by atoms with Gasteiger partial charge < -0.3 is 10.6 Å². The highest BCUT2D eigenvalue weighted by Gasteiger charge is 2.36. The van der Waals surface area contributed by atoms with Crippen LogP contribution in [-0.4, -0.2) is 55.1 Å². The second-order valence-corrected chi connectivity index (χ2v) is 6.74. The van der Waals surface area contributed by atoms with E-state index in [9.17, 15) is 0 Å². The Balaban J connectivity index is 1.93. The minimum atomic E-state index is 0.288. The molecule has 0 radical (unpaired) electrons. The molecule has 2 saturated heterocycles. The molecule has 2 rings (SSSR count). The van der Waals surface area contributed by atoms with Gasteiger partial charge in [-0.1, -0.05) is 13.8 Å². The van der Waals surface area contributed by atoms with Crippen molar-refractivity contribution in [1.29, 1.82) is 0 Å². The van der Waals surface area contributed by atoms with Crippen LogP contribution >= 0.6 is 0 Å². The van der Waals surface area contributed by atoms with Gasteiger partial charge in [-0.3, -0.25) is 4.90 Å². The number of hydrogen-bond donors (Lipinski definition) is 1. The van der Waals surface area contributed by atoms with E-state index in [4.69, 9.17) is 5.73 Å². The molecule has 0 aromatic heterocycles. The van der Waals surface area contributed by atoms with E-state index in [1.165, 1.54) is 51.9 Å². The third-order valence-corrected chi connectivity index (χ3v) is 4.78. The van der Waals surface area contributed by atoms with Crippen molar-refractivity contribution in [2.45, 2.75) is 51.6 Å². The number of piperidine rings is 1. The highest BCUT2D eigenvalue weighted by Crippen LogP contribution is 2.30. The zero-order valence-electron chi connectivity index (χ0n) is 11.8. The highest BCUT2D eigenvalue weighted by atomic mass is 15.2. The van der Waals surface area contributed by atoms with Crippen molar-refractivity contribution in [3.05, 3.63) is 0 Å². The molecule has 3 nitrogen and oxygen atoms in total. The van der Waals surface area contributed by atoms with Crippen LogP contribution in [0.15, 0.2) is 0 Å². The molecular weight excluding hydrogens is 210 g/mol. The first-order chi connectivity index (χ1) is 7.99. The third kappa shape index (κ3) is 3.21. The number of nitrogens with zero attached hydrogens (tertiary/aromatic N) is 2. The van der Waals surface area contributed by atoms with Crippen LogP contribution in [0.4, 0.5) is 0 Å². The molecule has 2 fully saturated rings. The van der Waals surface area contributed by atoms with Gasteiger partial charge in [-0.2, -0.15) is 0 Å². The molecule has 0 saturated carbocycles. The molecule has 3 heteroatoms. The summed E-state index contributed by atoms with van der Waals surface area (Å²) in [4.78, 5) is 5.18. The first-order valence-electron chi connectivity index (χ1n) is 7.17. The van der Waals surface area contributed by atoms with Crippen LogP contribution in [0.2, 0.25) is 0 Å². The van der Waals surface area contributed by atoms with Crippen LogP contribution in [0.5, 0.6) is 0 Å². The van der Waals surface area contributed by atoms with E-state index in [0.29, 0.717) is 6.04 Å². The lowest BCUT2D eigenvalue weighted by Crippen LogP contribution is -2.55. The SMILES string of the molecule is CN1CCCC(N2CCC(N)C(C)(C)C2)CC1. The van der Waals surface area contributed by atoms with Crippen molar-refractivity contribution >= 4 is 0 Å². The standard InChI is InChI=1S/C14H29N3/c1-14(2)11-17(10-7-13(14)15)12-5-4-8-16(3)9-6-12/h12-13H,4-11,15H2,1-3H3. The minimum Gasteiger partial charge on any atom is -0.327 e. The molecule has 100 valence electrons. The van der Waals surface area contributed by atoms with Crippen LogP contribution in [0.1, 0.15) is 39.5 Å². The predicted molar refractivity (Wildman–Crippen MR) is 73.1 cm³/mol. The van der Waals surface area contributed by atoms with Crippen LogP contribution < -0.4 is 5.73 Å². The predicted octanol–water partition coefficient (Wildman–Crippen LogP) is 1.53. The molecule has 17 heavy (non-hydrogen) atoms. The van der Waals surface area contributed by atoms with Crippen molar-refractivity contribution in [3.63, 3.8) is 0 Å². The van der Waals surface area contributed by atoms with Crippen LogP contribution in [-0.2, 0) is 0 Å². The number of likely N-dealkylation sites (tertiary alicyclic amines) is 2. The molecule has 0 spiro atoms. The maximum Gasteiger partial charge on any atom is 0.0115 e. The molecule has 2 N–H and O–H groups in total. The Kier molecular flexibility index (Phi) is 4.11. The van der Waals surface area contributed by atoms with E-state index in [1.54, 1.807) is 0 Å². The van der Waals surface area contributed by atoms with Crippen LogP contribution in [0, 0.1) is 5.41 Å². The van der Waals surface area contributed by atoms with Gasteiger partial charge in [0.2, 0.25) is 0 Å². The van der Waals surface area contributed by atoms with Gasteiger partial charge in [-0.05, 0) is 57.8 Å². The molecule has 0 aromatic rings. The molecule has 2 unspecified atom stereocenters. The van der Waals surface area contributed by atoms with Crippen LogP contribution in [0.3, 0.4) is 0 Å². The summed E-state index contributed by atoms with van der Waals surface area (Å²) in [6, 6.07) is 1.18. The Morgan fingerprint density at radius 2 is 1.82 bits per heavy atom. The summed E-state index contributed by atoms with van der Waals surface area (Å²) in [7, 11) is 2.25. The van der Waals surface area contributed by atoms with E-state index in [0.717, 1.165) is 6.04 Å². The summed E-state index contributed by atoms with van der Waals surface area (Å²) in [5.41, 5.74) is 6.51. The Morgan fingerprint density at radius 3 is 2.53 bits per heavy atom. The van der Waals surface area contributed by atoms with Crippen molar-refractivity contribution < 1.29 is 0 Å². The molecule has 2 aliphatic rings. The van der Waals surface area contributed by atoms with Crippen molar-refractivity contribution in [1.82, 2.24) is 9.80 Å². The smallest absolute Gasteiger partial charge is 0.0115 e. The molecule has 2 aliphatic heterocycles. The van der Waals surface area contributed by atoms with Gasteiger partial charge >= 0.3 is 0 Å². The molecule has 0 bridgehead atoms. The van der Waals surface area contributed by atoms with Gasteiger partial charge in [-0.15, -0.1) is 0 Å². The minimum absolute atomic E-state index is 0.288. The topological polar surface area (TPSA) is 32.5 Å². The van der Waals surface area contributed by atoms with Crippen LogP contribution in [0.25, 0.3) is 0 Å². The van der Waals surface area contributed by atoms with Crippen molar-refractivity contribution in [2.24, 2.45) is 11.1 Å².